The van der Waals surface area contributed by atoms with Crippen molar-refractivity contribution in [1.29, 1.82) is 0 Å². The SMILES string of the molecule is COC(=O)C1CC1c1ccccc1F.COC(=O)C1CC1c1ccccc1F. The minimum absolute atomic E-state index is 0.0173. The minimum atomic E-state index is -0.238. The van der Waals surface area contributed by atoms with Crippen LogP contribution in [0.3, 0.4) is 0 Å². The second-order valence-electron chi connectivity index (χ2n) is 6.99. The van der Waals surface area contributed by atoms with Crippen LogP contribution in [0.2, 0.25) is 0 Å². The van der Waals surface area contributed by atoms with Crippen LogP contribution in [0.5, 0.6) is 0 Å². The van der Waals surface area contributed by atoms with Gasteiger partial charge in [0.05, 0.1) is 26.1 Å². The third-order valence-corrected chi connectivity index (χ3v) is 5.20. The van der Waals surface area contributed by atoms with Crippen molar-refractivity contribution in [2.24, 2.45) is 11.8 Å². The minimum Gasteiger partial charge on any atom is -0.469 e. The Morgan fingerprint density at radius 3 is 1.43 bits per heavy atom. The number of carbonyl (C=O) groups excluding carboxylic acids is 2. The molecule has 0 radical (unpaired) electrons. The van der Waals surface area contributed by atoms with Crippen molar-refractivity contribution in [3.05, 3.63) is 71.3 Å². The topological polar surface area (TPSA) is 52.6 Å². The predicted molar refractivity (Wildman–Crippen MR) is 98.5 cm³/mol. The molecule has 2 aliphatic carbocycles. The Morgan fingerprint density at radius 2 is 1.11 bits per heavy atom. The lowest BCUT2D eigenvalue weighted by Crippen LogP contribution is -2.04. The third kappa shape index (κ3) is 4.38. The maximum absolute atomic E-state index is 13.3. The number of hydrogen-bond acceptors (Lipinski definition) is 4. The van der Waals surface area contributed by atoms with Crippen LogP contribution < -0.4 is 0 Å². The van der Waals surface area contributed by atoms with Crippen LogP contribution in [0.1, 0.15) is 35.8 Å². The second-order valence-corrected chi connectivity index (χ2v) is 6.99. The molecule has 2 saturated carbocycles. The van der Waals surface area contributed by atoms with Crippen LogP contribution in [0.25, 0.3) is 0 Å². The van der Waals surface area contributed by atoms with E-state index in [4.69, 9.17) is 0 Å². The van der Waals surface area contributed by atoms with Gasteiger partial charge >= 0.3 is 11.9 Å². The molecule has 4 nitrogen and oxygen atoms in total. The molecular weight excluding hydrogens is 366 g/mol. The molecule has 2 aliphatic rings. The maximum Gasteiger partial charge on any atom is 0.309 e. The van der Waals surface area contributed by atoms with Gasteiger partial charge in [-0.05, 0) is 36.1 Å². The van der Waals surface area contributed by atoms with Gasteiger partial charge < -0.3 is 9.47 Å². The summed E-state index contributed by atoms with van der Waals surface area (Å²) in [5, 5.41) is 0. The van der Waals surface area contributed by atoms with Gasteiger partial charge in [0.1, 0.15) is 11.6 Å². The third-order valence-electron chi connectivity index (χ3n) is 5.20. The number of benzene rings is 2. The number of methoxy groups -OCH3 is 2. The first-order valence-corrected chi connectivity index (χ1v) is 9.12. The molecule has 0 heterocycles. The molecule has 4 unspecified atom stereocenters. The summed E-state index contributed by atoms with van der Waals surface area (Å²) in [6.07, 6.45) is 1.40. The van der Waals surface area contributed by atoms with Crippen LogP contribution in [-0.2, 0) is 19.1 Å². The molecule has 148 valence electrons. The lowest BCUT2D eigenvalue weighted by Gasteiger charge is -2.00. The number of esters is 2. The molecular formula is C22H22F2O4. The smallest absolute Gasteiger partial charge is 0.309 e. The normalized spacial score (nSPS) is 24.4. The Morgan fingerprint density at radius 1 is 0.750 bits per heavy atom. The summed E-state index contributed by atoms with van der Waals surface area (Å²) in [5.41, 5.74) is 1.26. The molecule has 0 saturated heterocycles. The average molecular weight is 388 g/mol. The van der Waals surface area contributed by atoms with E-state index in [2.05, 4.69) is 9.47 Å². The molecule has 0 aromatic heterocycles. The monoisotopic (exact) mass is 388 g/mol. The predicted octanol–water partition coefficient (Wildman–Crippen LogP) is 4.20. The second kappa shape index (κ2) is 8.50. The molecule has 4 rings (SSSR count). The van der Waals surface area contributed by atoms with E-state index in [1.807, 2.05) is 0 Å². The van der Waals surface area contributed by atoms with Gasteiger partial charge in [0.25, 0.3) is 0 Å². The van der Waals surface area contributed by atoms with Crippen molar-refractivity contribution in [1.82, 2.24) is 0 Å². The number of hydrogen-bond donors (Lipinski definition) is 0. The molecule has 28 heavy (non-hydrogen) atoms. The lowest BCUT2D eigenvalue weighted by molar-refractivity contribution is -0.143. The van der Waals surface area contributed by atoms with Crippen LogP contribution >= 0.6 is 0 Å². The van der Waals surface area contributed by atoms with E-state index in [0.29, 0.717) is 24.0 Å². The number of ether oxygens (including phenoxy) is 2. The fourth-order valence-corrected chi connectivity index (χ4v) is 3.45. The van der Waals surface area contributed by atoms with E-state index in [0.717, 1.165) is 0 Å². The fourth-order valence-electron chi connectivity index (χ4n) is 3.45. The summed E-state index contributed by atoms with van der Waals surface area (Å²) in [5.74, 6) is -1.19. The summed E-state index contributed by atoms with van der Waals surface area (Å²) in [4.78, 5) is 22.2. The van der Waals surface area contributed by atoms with Gasteiger partial charge in [-0.2, -0.15) is 0 Å². The first kappa shape index (κ1) is 20.0. The Kier molecular flexibility index (Phi) is 6.07. The van der Waals surface area contributed by atoms with E-state index in [-0.39, 0.29) is 47.2 Å². The highest BCUT2D eigenvalue weighted by molar-refractivity contribution is 5.77. The van der Waals surface area contributed by atoms with Gasteiger partial charge in [0.2, 0.25) is 0 Å². The van der Waals surface area contributed by atoms with E-state index < -0.39 is 0 Å². The summed E-state index contributed by atoms with van der Waals surface area (Å²) < 4.78 is 35.7. The van der Waals surface area contributed by atoms with E-state index >= 15 is 0 Å². The summed E-state index contributed by atoms with van der Waals surface area (Å²) in [6.45, 7) is 0. The van der Waals surface area contributed by atoms with Crippen LogP contribution in [0, 0.1) is 23.5 Å². The number of carbonyl (C=O) groups is 2. The zero-order valence-corrected chi connectivity index (χ0v) is 15.7. The van der Waals surface area contributed by atoms with Crippen molar-refractivity contribution in [2.45, 2.75) is 24.7 Å². The van der Waals surface area contributed by atoms with Crippen molar-refractivity contribution in [2.75, 3.05) is 14.2 Å². The van der Waals surface area contributed by atoms with E-state index in [1.54, 1.807) is 36.4 Å². The molecule has 0 amide bonds. The number of halogens is 2. The molecule has 0 spiro atoms. The summed E-state index contributed by atoms with van der Waals surface area (Å²) >= 11 is 0. The zero-order chi connectivity index (χ0) is 20.3. The largest absolute Gasteiger partial charge is 0.469 e. The van der Waals surface area contributed by atoms with Crippen molar-refractivity contribution >= 4 is 11.9 Å². The van der Waals surface area contributed by atoms with Gasteiger partial charge in [-0.25, -0.2) is 8.78 Å². The molecule has 0 N–H and O–H groups in total. The fraction of sp³-hybridized carbons (Fsp3) is 0.364. The van der Waals surface area contributed by atoms with Gasteiger partial charge in [0, 0.05) is 11.8 Å². The van der Waals surface area contributed by atoms with Gasteiger partial charge in [-0.15, -0.1) is 0 Å². The van der Waals surface area contributed by atoms with E-state index in [1.165, 1.54) is 26.4 Å². The first-order chi connectivity index (χ1) is 13.5. The standard InChI is InChI=1S/2C11H11FO2/c2*1-14-11(13)9-6-8(9)7-4-2-3-5-10(7)12/h2*2-5,8-9H,6H2,1H3. The van der Waals surface area contributed by atoms with E-state index in [9.17, 15) is 18.4 Å². The van der Waals surface area contributed by atoms with Crippen LogP contribution in [-0.4, -0.2) is 26.2 Å². The molecule has 2 aromatic carbocycles. The Balaban J connectivity index is 0.000000161. The highest BCUT2D eigenvalue weighted by Gasteiger charge is 2.46. The zero-order valence-electron chi connectivity index (χ0n) is 15.7. The van der Waals surface area contributed by atoms with Crippen LogP contribution in [0.4, 0.5) is 8.78 Å². The van der Waals surface area contributed by atoms with Gasteiger partial charge in [-0.3, -0.25) is 9.59 Å². The average Bonchev–Trinajstić information content (AvgIpc) is 3.62. The molecule has 4 atom stereocenters. The quantitative estimate of drug-likeness (QED) is 0.737. The maximum atomic E-state index is 13.3. The molecule has 2 aromatic rings. The van der Waals surface area contributed by atoms with Crippen molar-refractivity contribution in [3.63, 3.8) is 0 Å². The lowest BCUT2D eigenvalue weighted by atomic mass is 10.1. The summed E-state index contributed by atoms with van der Waals surface area (Å²) in [6, 6.07) is 13.1. The van der Waals surface area contributed by atoms with Crippen LogP contribution in [0.15, 0.2) is 48.5 Å². The molecule has 0 bridgehead atoms. The molecule has 2 fully saturated rings. The van der Waals surface area contributed by atoms with Crippen molar-refractivity contribution < 1.29 is 27.8 Å². The van der Waals surface area contributed by atoms with Gasteiger partial charge in [-0.1, -0.05) is 36.4 Å². The summed E-state index contributed by atoms with van der Waals surface area (Å²) in [7, 11) is 2.72. The first-order valence-electron chi connectivity index (χ1n) is 9.12. The number of rotatable bonds is 4. The Labute approximate surface area is 162 Å². The van der Waals surface area contributed by atoms with Gasteiger partial charge in [0.15, 0.2) is 0 Å². The Bertz CT molecular complexity index is 796. The Hall–Kier alpha value is -2.76. The molecule has 6 heteroatoms. The van der Waals surface area contributed by atoms with Crippen molar-refractivity contribution in [3.8, 4) is 0 Å². The molecule has 0 aliphatic heterocycles. The highest BCUT2D eigenvalue weighted by Crippen LogP contribution is 2.49. The highest BCUT2D eigenvalue weighted by atomic mass is 19.1.